The van der Waals surface area contributed by atoms with Gasteiger partial charge in [0.25, 0.3) is 5.91 Å². The average Bonchev–Trinajstić information content (AvgIpc) is 3.10. The van der Waals surface area contributed by atoms with Crippen LogP contribution in [-0.4, -0.2) is 37.0 Å². The van der Waals surface area contributed by atoms with Crippen LogP contribution in [0.3, 0.4) is 0 Å². The Morgan fingerprint density at radius 3 is 2.77 bits per heavy atom. The van der Waals surface area contributed by atoms with Gasteiger partial charge in [-0.15, -0.1) is 11.3 Å². The summed E-state index contributed by atoms with van der Waals surface area (Å²) in [5, 5.41) is 22.7. The molecule has 2 aromatic rings. The Morgan fingerprint density at radius 2 is 2.12 bits per heavy atom. The smallest absolute Gasteiger partial charge is 0.260 e. The fourth-order valence-electron chi connectivity index (χ4n) is 3.04. The predicted octanol–water partition coefficient (Wildman–Crippen LogP) is 3.17. The zero-order valence-corrected chi connectivity index (χ0v) is 16.0. The summed E-state index contributed by atoms with van der Waals surface area (Å²) in [7, 11) is 3.02. The van der Waals surface area contributed by atoms with E-state index >= 15 is 0 Å². The number of carbonyl (C=O) groups is 1. The molecule has 2 unspecified atom stereocenters. The molecule has 0 saturated carbocycles. The van der Waals surface area contributed by atoms with Gasteiger partial charge in [-0.25, -0.2) is 0 Å². The number of rotatable bonds is 3. The van der Waals surface area contributed by atoms with Crippen molar-refractivity contribution in [1.29, 1.82) is 10.7 Å². The van der Waals surface area contributed by atoms with Crippen molar-refractivity contribution < 1.29 is 9.53 Å². The number of nitriles is 1. The summed E-state index contributed by atoms with van der Waals surface area (Å²) in [6, 6.07) is 9.20. The number of thiophene rings is 1. The fourth-order valence-corrected chi connectivity index (χ4v) is 4.33. The average molecular weight is 389 g/mol. The zero-order valence-electron chi connectivity index (χ0n) is 14.5. The number of likely N-dealkylation sites (N-methyl/N-ethyl adjacent to an activating group) is 1. The van der Waals surface area contributed by atoms with E-state index in [1.807, 2.05) is 18.4 Å². The number of methoxy groups -OCH3 is 1. The van der Waals surface area contributed by atoms with Crippen molar-refractivity contribution in [2.24, 2.45) is 0 Å². The number of amides is 1. The van der Waals surface area contributed by atoms with E-state index in [9.17, 15) is 4.79 Å². The number of ether oxygens (including phenoxy) is 1. The quantitative estimate of drug-likeness (QED) is 0.845. The summed E-state index contributed by atoms with van der Waals surface area (Å²) in [5.41, 5.74) is 1.33. The first-order valence-electron chi connectivity index (χ1n) is 7.77. The van der Waals surface area contributed by atoms with Gasteiger partial charge in [0.1, 0.15) is 5.54 Å². The zero-order chi connectivity index (χ0) is 19.1. The van der Waals surface area contributed by atoms with E-state index in [4.69, 9.17) is 27.0 Å². The second kappa shape index (κ2) is 6.72. The first-order chi connectivity index (χ1) is 12.3. The Bertz CT molecular complexity index is 936. The van der Waals surface area contributed by atoms with Crippen LogP contribution >= 0.6 is 22.9 Å². The minimum absolute atomic E-state index is 0.0234. The Balaban J connectivity index is 2.03. The van der Waals surface area contributed by atoms with Crippen molar-refractivity contribution >= 4 is 34.8 Å². The largest absolute Gasteiger partial charge is 0.369 e. The fraction of sp³-hybridized carbons (Fsp3) is 0.278. The molecule has 1 saturated heterocycles. The van der Waals surface area contributed by atoms with Crippen LogP contribution in [0.5, 0.6) is 0 Å². The van der Waals surface area contributed by atoms with Gasteiger partial charge in [0.15, 0.2) is 12.1 Å². The van der Waals surface area contributed by atoms with Gasteiger partial charge in [-0.05, 0) is 47.7 Å². The van der Waals surface area contributed by atoms with Gasteiger partial charge in [0, 0.05) is 24.1 Å². The molecule has 1 aromatic carbocycles. The molecule has 2 heterocycles. The van der Waals surface area contributed by atoms with E-state index < -0.39 is 11.6 Å². The van der Waals surface area contributed by atoms with E-state index in [1.54, 1.807) is 25.2 Å². The Kier molecular flexibility index (Phi) is 4.76. The molecule has 2 N–H and O–H groups in total. The topological polar surface area (TPSA) is 89.2 Å². The molecular formula is C18H17ClN4O2S. The van der Waals surface area contributed by atoms with Crippen LogP contribution in [0.4, 0.5) is 0 Å². The molecule has 0 spiro atoms. The summed E-state index contributed by atoms with van der Waals surface area (Å²) in [5.74, 6) is -0.251. The Hall–Kier alpha value is -2.40. The lowest BCUT2D eigenvalue weighted by Gasteiger charge is -2.43. The summed E-state index contributed by atoms with van der Waals surface area (Å²) < 4.78 is 5.45. The molecule has 0 aliphatic carbocycles. The van der Waals surface area contributed by atoms with E-state index in [0.717, 1.165) is 16.0 Å². The minimum atomic E-state index is -0.866. The molecule has 2 atom stereocenters. The lowest BCUT2D eigenvalue weighted by atomic mass is 9.89. The summed E-state index contributed by atoms with van der Waals surface area (Å²) in [6.07, 6.45) is -0.762. The maximum Gasteiger partial charge on any atom is 0.260 e. The van der Waals surface area contributed by atoms with E-state index in [2.05, 4.69) is 11.4 Å². The second-order valence-corrected chi connectivity index (χ2v) is 7.58. The van der Waals surface area contributed by atoms with Crippen LogP contribution in [0.15, 0.2) is 29.6 Å². The first kappa shape index (κ1) is 18.4. The third-order valence-corrected chi connectivity index (χ3v) is 5.89. The molecule has 1 aromatic heterocycles. The molecule has 8 heteroatoms. The molecule has 26 heavy (non-hydrogen) atoms. The highest BCUT2D eigenvalue weighted by Gasteiger charge is 2.48. The monoisotopic (exact) mass is 388 g/mol. The molecule has 1 aliphatic heterocycles. The third-order valence-electron chi connectivity index (χ3n) is 4.50. The number of guanidine groups is 1. The molecule has 3 rings (SSSR count). The molecule has 1 amide bonds. The van der Waals surface area contributed by atoms with Crippen molar-refractivity contribution in [2.45, 2.75) is 18.6 Å². The van der Waals surface area contributed by atoms with Crippen LogP contribution in [0, 0.1) is 16.7 Å². The molecule has 1 fully saturated rings. The molecule has 0 radical (unpaired) electrons. The lowest BCUT2D eigenvalue weighted by Crippen LogP contribution is -2.66. The van der Waals surface area contributed by atoms with Crippen LogP contribution < -0.4 is 5.32 Å². The van der Waals surface area contributed by atoms with Crippen molar-refractivity contribution in [1.82, 2.24) is 10.2 Å². The minimum Gasteiger partial charge on any atom is -0.369 e. The van der Waals surface area contributed by atoms with Gasteiger partial charge >= 0.3 is 0 Å². The summed E-state index contributed by atoms with van der Waals surface area (Å²) in [4.78, 5) is 14.6. The number of halogens is 1. The number of benzene rings is 1. The molecule has 0 bridgehead atoms. The summed E-state index contributed by atoms with van der Waals surface area (Å²) in [6.45, 7) is 1.84. The van der Waals surface area contributed by atoms with Gasteiger partial charge < -0.3 is 10.1 Å². The maximum absolute atomic E-state index is 12.5. The van der Waals surface area contributed by atoms with E-state index in [1.165, 1.54) is 23.3 Å². The highest BCUT2D eigenvalue weighted by Crippen LogP contribution is 2.38. The maximum atomic E-state index is 12.5. The lowest BCUT2D eigenvalue weighted by molar-refractivity contribution is -0.144. The number of nitrogens with one attached hydrogen (secondary N) is 2. The van der Waals surface area contributed by atoms with Gasteiger partial charge in [-0.2, -0.15) is 5.26 Å². The van der Waals surface area contributed by atoms with Crippen LogP contribution in [-0.2, 0) is 15.1 Å². The SMILES string of the molecule is COC1C(=O)N(C)C(=N)NC1(C)c1cc(-c2cc(Cl)cc(C#N)c2)cs1. The number of hydrogen-bond donors (Lipinski definition) is 2. The number of nitrogens with zero attached hydrogens (tertiary/aromatic N) is 2. The Morgan fingerprint density at radius 1 is 1.38 bits per heavy atom. The first-order valence-corrected chi connectivity index (χ1v) is 9.03. The van der Waals surface area contributed by atoms with E-state index in [-0.39, 0.29) is 11.9 Å². The molecule has 134 valence electrons. The normalized spacial score (nSPS) is 22.9. The van der Waals surface area contributed by atoms with Crippen molar-refractivity contribution in [3.8, 4) is 17.2 Å². The highest BCUT2D eigenvalue weighted by molar-refractivity contribution is 7.10. The van der Waals surface area contributed by atoms with Gasteiger partial charge in [-0.1, -0.05) is 11.6 Å². The molecule has 1 aliphatic rings. The van der Waals surface area contributed by atoms with Crippen LogP contribution in [0.2, 0.25) is 5.02 Å². The molecule has 6 nitrogen and oxygen atoms in total. The van der Waals surface area contributed by atoms with Gasteiger partial charge in [0.2, 0.25) is 0 Å². The van der Waals surface area contributed by atoms with Gasteiger partial charge in [-0.3, -0.25) is 15.1 Å². The van der Waals surface area contributed by atoms with Crippen LogP contribution in [0.25, 0.3) is 11.1 Å². The third kappa shape index (κ3) is 2.97. The van der Waals surface area contributed by atoms with E-state index in [0.29, 0.717) is 10.6 Å². The Labute approximate surface area is 160 Å². The van der Waals surface area contributed by atoms with Crippen molar-refractivity contribution in [3.05, 3.63) is 45.1 Å². The standard InChI is InChI=1S/C18H17ClN4O2S/c1-18(15(25-3)16(24)23(2)17(21)22-18)14-7-12(9-26-14)11-4-10(8-20)5-13(19)6-11/h4-7,9,15H,1-3H3,(H2,21,22). The van der Waals surface area contributed by atoms with Crippen LogP contribution in [0.1, 0.15) is 17.4 Å². The van der Waals surface area contributed by atoms with Gasteiger partial charge in [0.05, 0.1) is 11.6 Å². The summed E-state index contributed by atoms with van der Waals surface area (Å²) >= 11 is 7.56. The number of hydrogen-bond acceptors (Lipinski definition) is 5. The second-order valence-electron chi connectivity index (χ2n) is 6.23. The highest BCUT2D eigenvalue weighted by atomic mass is 35.5. The van der Waals surface area contributed by atoms with Crippen molar-refractivity contribution in [3.63, 3.8) is 0 Å². The molecular weight excluding hydrogens is 372 g/mol. The number of carbonyl (C=O) groups excluding carboxylic acids is 1. The van der Waals surface area contributed by atoms with Crippen molar-refractivity contribution in [2.75, 3.05) is 14.2 Å². The predicted molar refractivity (Wildman–Crippen MR) is 101 cm³/mol.